The number of aromatic nitrogens is 4. The molecule has 34 heavy (non-hydrogen) atoms. The lowest BCUT2D eigenvalue weighted by Gasteiger charge is -2.52. The van der Waals surface area contributed by atoms with Crippen LogP contribution in [0.25, 0.3) is 21.9 Å². The molecule has 6 N–H and O–H groups in total. The second-order valence-electron chi connectivity index (χ2n) is 10.0. The summed E-state index contributed by atoms with van der Waals surface area (Å²) < 4.78 is 16.7. The topological polar surface area (TPSA) is 136 Å². The van der Waals surface area contributed by atoms with E-state index in [-0.39, 0.29) is 34.1 Å². The fraction of sp³-hybridized carbons (Fsp3) is 0.375. The van der Waals surface area contributed by atoms with Crippen LogP contribution in [-0.4, -0.2) is 41.4 Å². The van der Waals surface area contributed by atoms with Gasteiger partial charge in [-0.3, -0.25) is 0 Å². The number of hydrogen-bond donors (Lipinski definition) is 4. The van der Waals surface area contributed by atoms with Crippen LogP contribution in [0, 0.1) is 30.0 Å². The van der Waals surface area contributed by atoms with Gasteiger partial charge in [0.15, 0.2) is 0 Å². The predicted molar refractivity (Wildman–Crippen MR) is 126 cm³/mol. The van der Waals surface area contributed by atoms with E-state index in [1.165, 1.54) is 18.5 Å². The molecule has 3 aromatic heterocycles. The molecular formula is C24H22ClFN6O2. The second kappa shape index (κ2) is 6.16. The maximum Gasteiger partial charge on any atom is 0.146 e. The molecule has 10 heteroatoms. The smallest absolute Gasteiger partial charge is 0.146 e. The fourth-order valence-electron chi connectivity index (χ4n) is 7.19. The summed E-state index contributed by atoms with van der Waals surface area (Å²) in [6, 6.07) is 6.41. The first-order valence-electron chi connectivity index (χ1n) is 11.2. The van der Waals surface area contributed by atoms with Crippen molar-refractivity contribution in [1.82, 2.24) is 19.5 Å². The molecule has 3 saturated carbocycles. The molecule has 8 nitrogen and oxygen atoms in total. The minimum absolute atomic E-state index is 0.0221. The van der Waals surface area contributed by atoms with Gasteiger partial charge in [-0.05, 0) is 55.5 Å². The molecule has 3 fully saturated rings. The molecule has 4 aromatic rings. The molecule has 6 atom stereocenters. The van der Waals surface area contributed by atoms with Gasteiger partial charge in [-0.2, -0.15) is 0 Å². The Morgan fingerprint density at radius 1 is 1.15 bits per heavy atom. The van der Waals surface area contributed by atoms with Crippen molar-refractivity contribution >= 4 is 45.2 Å². The van der Waals surface area contributed by atoms with Gasteiger partial charge in [0, 0.05) is 22.4 Å². The Morgan fingerprint density at radius 2 is 1.94 bits per heavy atom. The first-order valence-corrected chi connectivity index (χ1v) is 11.6. The standard InChI is InChI=1S/C24H22ClFN6O2/c1-9-4-12-19(27)29-8-30-21(12)32(9)18-16-17-23(16,22(33)24(17,18)34)3-2-10-5-14(26)11-7-13(25)20(28)31-15(11)6-10/h4-8,16-18,22,33-34H,2-3H2,1H3,(H2,28,31)(H2,27,29,30)/t16-,17?,18-,22-,23+,24-/m1/s1. The molecular weight excluding hydrogens is 459 g/mol. The molecule has 0 radical (unpaired) electrons. The van der Waals surface area contributed by atoms with Crippen molar-refractivity contribution in [1.29, 1.82) is 0 Å². The Kier molecular flexibility index (Phi) is 3.69. The van der Waals surface area contributed by atoms with E-state index in [0.29, 0.717) is 35.2 Å². The number of halogens is 2. The lowest BCUT2D eigenvalue weighted by atomic mass is 9.62. The molecule has 0 amide bonds. The number of aliphatic hydroxyl groups excluding tert-OH is 1. The van der Waals surface area contributed by atoms with E-state index in [2.05, 4.69) is 15.0 Å². The number of rotatable bonds is 4. The van der Waals surface area contributed by atoms with E-state index in [9.17, 15) is 14.6 Å². The molecule has 3 aliphatic rings. The summed E-state index contributed by atoms with van der Waals surface area (Å²) in [5.74, 6) is 0.283. The highest BCUT2D eigenvalue weighted by molar-refractivity contribution is 6.33. The van der Waals surface area contributed by atoms with Crippen LogP contribution >= 0.6 is 11.6 Å². The Morgan fingerprint density at radius 3 is 2.71 bits per heavy atom. The predicted octanol–water partition coefficient (Wildman–Crippen LogP) is 2.77. The Hall–Kier alpha value is -3.01. The number of aryl methyl sites for hydroxylation is 2. The van der Waals surface area contributed by atoms with E-state index in [4.69, 9.17) is 23.1 Å². The number of benzene rings is 1. The largest absolute Gasteiger partial charge is 0.389 e. The summed E-state index contributed by atoms with van der Waals surface area (Å²) in [5.41, 5.74) is 13.0. The van der Waals surface area contributed by atoms with E-state index >= 15 is 0 Å². The number of hydrogen-bond acceptors (Lipinski definition) is 7. The highest BCUT2D eigenvalue weighted by atomic mass is 35.5. The molecule has 174 valence electrons. The van der Waals surface area contributed by atoms with Crippen molar-refractivity contribution < 1.29 is 14.6 Å². The number of aliphatic hydroxyl groups is 2. The van der Waals surface area contributed by atoms with Gasteiger partial charge in [0.2, 0.25) is 0 Å². The molecule has 3 aliphatic carbocycles. The molecule has 0 aliphatic heterocycles. The zero-order valence-corrected chi connectivity index (χ0v) is 19.0. The zero-order chi connectivity index (χ0) is 23.7. The van der Waals surface area contributed by atoms with Crippen LogP contribution < -0.4 is 11.5 Å². The van der Waals surface area contributed by atoms with Crippen molar-refractivity contribution in [3.63, 3.8) is 0 Å². The molecule has 0 spiro atoms. The summed E-state index contributed by atoms with van der Waals surface area (Å²) in [6.07, 6.45) is 1.74. The zero-order valence-electron chi connectivity index (χ0n) is 18.2. The summed E-state index contributed by atoms with van der Waals surface area (Å²) >= 11 is 5.99. The average Bonchev–Trinajstić information content (AvgIpc) is 3.14. The van der Waals surface area contributed by atoms with Gasteiger partial charge in [-0.1, -0.05) is 11.6 Å². The van der Waals surface area contributed by atoms with Gasteiger partial charge in [0.05, 0.1) is 28.1 Å². The molecule has 1 aromatic carbocycles. The number of nitrogens with two attached hydrogens (primary N) is 2. The lowest BCUT2D eigenvalue weighted by Crippen LogP contribution is -2.65. The third-order valence-electron chi connectivity index (χ3n) is 8.61. The lowest BCUT2D eigenvalue weighted by molar-refractivity contribution is -0.218. The van der Waals surface area contributed by atoms with Gasteiger partial charge in [0.1, 0.15) is 35.0 Å². The SMILES string of the molecule is Cc1cc2c(N)ncnc2n1[C@@H]1[C@H]2C3[C@]1(O)[C@H](O)[C@]32CCc1cc(F)c2cc(Cl)c(N)nc2c1. The van der Waals surface area contributed by atoms with Crippen LogP contribution in [0.5, 0.6) is 0 Å². The summed E-state index contributed by atoms with van der Waals surface area (Å²) in [6.45, 7) is 1.94. The third-order valence-corrected chi connectivity index (χ3v) is 8.92. The van der Waals surface area contributed by atoms with Crippen molar-refractivity contribution in [2.75, 3.05) is 11.5 Å². The van der Waals surface area contributed by atoms with Crippen LogP contribution in [0.4, 0.5) is 16.0 Å². The molecule has 0 bridgehead atoms. The quantitative estimate of drug-likeness (QED) is 0.352. The summed E-state index contributed by atoms with van der Waals surface area (Å²) in [7, 11) is 0. The number of fused-ring (bicyclic) bond motifs is 3. The highest BCUT2D eigenvalue weighted by Crippen LogP contribution is 2.92. The van der Waals surface area contributed by atoms with Crippen molar-refractivity contribution in [3.8, 4) is 0 Å². The summed E-state index contributed by atoms with van der Waals surface area (Å²) in [5, 5.41) is 23.8. The molecule has 0 saturated heterocycles. The Balaban J connectivity index is 1.20. The number of nitrogen functional groups attached to an aromatic ring is 2. The van der Waals surface area contributed by atoms with Crippen LogP contribution in [0.2, 0.25) is 5.02 Å². The van der Waals surface area contributed by atoms with Crippen molar-refractivity contribution in [2.24, 2.45) is 17.3 Å². The van der Waals surface area contributed by atoms with Crippen molar-refractivity contribution in [3.05, 3.63) is 52.7 Å². The van der Waals surface area contributed by atoms with Gasteiger partial charge in [-0.25, -0.2) is 19.3 Å². The number of pyridine rings is 1. The summed E-state index contributed by atoms with van der Waals surface area (Å²) in [4.78, 5) is 12.7. The Bertz CT molecular complexity index is 1560. The number of nitrogens with zero attached hydrogens (tertiary/aromatic N) is 4. The van der Waals surface area contributed by atoms with Crippen LogP contribution in [0.3, 0.4) is 0 Å². The monoisotopic (exact) mass is 480 g/mol. The van der Waals surface area contributed by atoms with Crippen LogP contribution in [0.1, 0.15) is 23.7 Å². The minimum Gasteiger partial charge on any atom is -0.389 e. The molecule has 3 heterocycles. The van der Waals surface area contributed by atoms with E-state index in [1.54, 1.807) is 0 Å². The minimum atomic E-state index is -1.19. The first kappa shape index (κ1) is 20.4. The second-order valence-corrected chi connectivity index (χ2v) is 10.4. The van der Waals surface area contributed by atoms with Gasteiger partial charge in [-0.15, -0.1) is 0 Å². The van der Waals surface area contributed by atoms with Gasteiger partial charge >= 0.3 is 0 Å². The Labute approximate surface area is 198 Å². The normalized spacial score (nSPS) is 33.0. The van der Waals surface area contributed by atoms with E-state index in [1.807, 2.05) is 23.6 Å². The van der Waals surface area contributed by atoms with Gasteiger partial charge < -0.3 is 26.2 Å². The fourth-order valence-corrected chi connectivity index (χ4v) is 7.34. The third kappa shape index (κ3) is 2.14. The maximum atomic E-state index is 14.7. The van der Waals surface area contributed by atoms with E-state index < -0.39 is 17.5 Å². The van der Waals surface area contributed by atoms with Crippen LogP contribution in [0.15, 0.2) is 30.6 Å². The van der Waals surface area contributed by atoms with Crippen molar-refractivity contribution in [2.45, 2.75) is 37.5 Å². The molecule has 1 unspecified atom stereocenters. The average molecular weight is 481 g/mol. The number of anilines is 2. The highest BCUT2D eigenvalue weighted by Gasteiger charge is 2.99. The van der Waals surface area contributed by atoms with Crippen LogP contribution in [-0.2, 0) is 6.42 Å². The maximum absolute atomic E-state index is 14.7. The van der Waals surface area contributed by atoms with E-state index in [0.717, 1.165) is 16.6 Å². The molecule has 7 rings (SSSR count). The van der Waals surface area contributed by atoms with Gasteiger partial charge in [0.25, 0.3) is 0 Å². The first-order chi connectivity index (χ1) is 16.2.